The van der Waals surface area contributed by atoms with Gasteiger partial charge in [0.25, 0.3) is 5.69 Å². The fourth-order valence-electron chi connectivity index (χ4n) is 3.13. The first kappa shape index (κ1) is 16.2. The zero-order valence-electron chi connectivity index (χ0n) is 13.7. The number of hydrogen-bond acceptors (Lipinski definition) is 3. The molecule has 0 aliphatic heterocycles. The van der Waals surface area contributed by atoms with Crippen LogP contribution < -0.4 is 5.73 Å². The molecule has 0 fully saturated rings. The van der Waals surface area contributed by atoms with E-state index < -0.39 is 0 Å². The monoisotopic (exact) mass is 298 g/mol. The number of non-ortho nitro benzene ring substituents is 1. The molecule has 0 saturated carbocycles. The van der Waals surface area contributed by atoms with E-state index in [4.69, 9.17) is 5.73 Å². The zero-order valence-corrected chi connectivity index (χ0v) is 13.7. The van der Waals surface area contributed by atoms with Gasteiger partial charge in [0.2, 0.25) is 0 Å². The molecule has 4 nitrogen and oxygen atoms in total. The Morgan fingerprint density at radius 2 is 1.50 bits per heavy atom. The number of benzene rings is 2. The smallest absolute Gasteiger partial charge is 0.270 e. The Labute approximate surface area is 131 Å². The summed E-state index contributed by atoms with van der Waals surface area (Å²) in [5.74, 6) is 0. The maximum atomic E-state index is 11.1. The highest BCUT2D eigenvalue weighted by molar-refractivity contribution is 5.51. The molecule has 2 aromatic rings. The lowest BCUT2D eigenvalue weighted by Crippen LogP contribution is -2.17. The summed E-state index contributed by atoms with van der Waals surface area (Å²) in [6.45, 7) is 9.97. The van der Waals surface area contributed by atoms with E-state index >= 15 is 0 Å². The molecule has 0 radical (unpaired) electrons. The van der Waals surface area contributed by atoms with Crippen LogP contribution in [-0.4, -0.2) is 4.92 Å². The van der Waals surface area contributed by atoms with Crippen molar-refractivity contribution in [3.63, 3.8) is 0 Å². The molecular formula is C18H22N2O2. The first-order valence-electron chi connectivity index (χ1n) is 7.31. The van der Waals surface area contributed by atoms with Crippen LogP contribution in [0.25, 0.3) is 0 Å². The highest BCUT2D eigenvalue weighted by Crippen LogP contribution is 2.32. The van der Waals surface area contributed by atoms with E-state index in [1.807, 2.05) is 27.7 Å². The van der Waals surface area contributed by atoms with Crippen LogP contribution in [0.4, 0.5) is 5.69 Å². The molecule has 0 bridgehead atoms. The summed E-state index contributed by atoms with van der Waals surface area (Å²) in [7, 11) is 0. The van der Waals surface area contributed by atoms with Crippen molar-refractivity contribution >= 4 is 5.69 Å². The van der Waals surface area contributed by atoms with Crippen molar-refractivity contribution in [3.8, 4) is 0 Å². The number of aryl methyl sites for hydroxylation is 4. The second-order valence-electron chi connectivity index (χ2n) is 6.02. The van der Waals surface area contributed by atoms with Gasteiger partial charge in [-0.1, -0.05) is 17.7 Å². The zero-order chi connectivity index (χ0) is 16.6. The third-order valence-electron chi connectivity index (χ3n) is 4.29. The van der Waals surface area contributed by atoms with Gasteiger partial charge in [-0.2, -0.15) is 0 Å². The summed E-state index contributed by atoms with van der Waals surface area (Å²) >= 11 is 0. The third kappa shape index (κ3) is 2.88. The Bertz CT molecular complexity index is 728. The predicted octanol–water partition coefficient (Wildman–Crippen LogP) is 4.19. The Hall–Kier alpha value is -2.20. The molecule has 2 rings (SSSR count). The van der Waals surface area contributed by atoms with Gasteiger partial charge in [0.05, 0.1) is 11.0 Å². The minimum absolute atomic E-state index is 0.0935. The largest absolute Gasteiger partial charge is 0.320 e. The Kier molecular flexibility index (Phi) is 4.33. The van der Waals surface area contributed by atoms with Crippen LogP contribution in [-0.2, 0) is 0 Å². The van der Waals surface area contributed by atoms with Crippen LogP contribution in [0.15, 0.2) is 24.3 Å². The van der Waals surface area contributed by atoms with Crippen LogP contribution in [0.1, 0.15) is 45.0 Å². The topological polar surface area (TPSA) is 69.2 Å². The molecule has 0 heterocycles. The quantitative estimate of drug-likeness (QED) is 0.682. The molecule has 0 spiro atoms. The summed E-state index contributed by atoms with van der Waals surface area (Å²) in [6.07, 6.45) is 0. The lowest BCUT2D eigenvalue weighted by atomic mass is 9.87. The summed E-state index contributed by atoms with van der Waals surface area (Å²) in [6, 6.07) is 7.04. The lowest BCUT2D eigenvalue weighted by Gasteiger charge is -2.21. The van der Waals surface area contributed by atoms with Gasteiger partial charge < -0.3 is 5.73 Å². The molecule has 0 aliphatic rings. The van der Waals surface area contributed by atoms with Crippen molar-refractivity contribution in [2.24, 2.45) is 5.73 Å². The number of rotatable bonds is 3. The number of nitro benzene ring substituents is 1. The molecule has 2 aromatic carbocycles. The van der Waals surface area contributed by atoms with Gasteiger partial charge >= 0.3 is 0 Å². The van der Waals surface area contributed by atoms with Crippen LogP contribution in [0.3, 0.4) is 0 Å². The van der Waals surface area contributed by atoms with Crippen molar-refractivity contribution in [2.75, 3.05) is 0 Å². The van der Waals surface area contributed by atoms with Crippen LogP contribution >= 0.6 is 0 Å². The second kappa shape index (κ2) is 5.89. The standard InChI is InChI=1S/C18H22N2O2/c1-10-6-12(3)17(13(4)7-10)18(19)16-9-15(20(21)22)8-11(2)14(16)5/h6-9,18H,19H2,1-5H3. The van der Waals surface area contributed by atoms with Crippen molar-refractivity contribution in [3.05, 3.63) is 73.3 Å². The lowest BCUT2D eigenvalue weighted by molar-refractivity contribution is -0.385. The maximum absolute atomic E-state index is 11.1. The van der Waals surface area contributed by atoms with Crippen LogP contribution in [0.5, 0.6) is 0 Å². The highest BCUT2D eigenvalue weighted by Gasteiger charge is 2.20. The predicted molar refractivity (Wildman–Crippen MR) is 89.3 cm³/mol. The number of nitrogens with two attached hydrogens (primary N) is 1. The molecule has 0 amide bonds. The first-order valence-corrected chi connectivity index (χ1v) is 7.31. The SMILES string of the molecule is Cc1cc(C)c(C(N)c2cc([N+](=O)[O-])cc(C)c2C)c(C)c1. The molecule has 22 heavy (non-hydrogen) atoms. The van der Waals surface area contributed by atoms with Gasteiger partial charge in [0, 0.05) is 12.1 Å². The van der Waals surface area contributed by atoms with Gasteiger partial charge in [0.15, 0.2) is 0 Å². The summed E-state index contributed by atoms with van der Waals surface area (Å²) < 4.78 is 0. The molecule has 2 N–H and O–H groups in total. The van der Waals surface area contributed by atoms with Gasteiger partial charge in [0.1, 0.15) is 0 Å². The Balaban J connectivity index is 2.64. The average molecular weight is 298 g/mol. The minimum atomic E-state index is -0.364. The molecule has 1 unspecified atom stereocenters. The first-order chi connectivity index (χ1) is 10.2. The maximum Gasteiger partial charge on any atom is 0.270 e. The summed E-state index contributed by atoms with van der Waals surface area (Å²) in [5, 5.41) is 11.1. The molecular weight excluding hydrogens is 276 g/mol. The number of nitro groups is 1. The van der Waals surface area contributed by atoms with E-state index in [9.17, 15) is 10.1 Å². The second-order valence-corrected chi connectivity index (χ2v) is 6.02. The minimum Gasteiger partial charge on any atom is -0.320 e. The molecule has 116 valence electrons. The molecule has 1 atom stereocenters. The van der Waals surface area contributed by atoms with E-state index in [1.54, 1.807) is 12.1 Å². The fourth-order valence-corrected chi connectivity index (χ4v) is 3.13. The van der Waals surface area contributed by atoms with Gasteiger partial charge in [-0.15, -0.1) is 0 Å². The summed E-state index contributed by atoms with van der Waals surface area (Å²) in [4.78, 5) is 10.8. The third-order valence-corrected chi connectivity index (χ3v) is 4.29. The van der Waals surface area contributed by atoms with E-state index in [1.165, 1.54) is 5.56 Å². The van der Waals surface area contributed by atoms with Gasteiger partial charge in [-0.25, -0.2) is 0 Å². The van der Waals surface area contributed by atoms with Gasteiger partial charge in [-0.3, -0.25) is 10.1 Å². The molecule has 4 heteroatoms. The van der Waals surface area contributed by atoms with E-state index in [-0.39, 0.29) is 16.7 Å². The van der Waals surface area contributed by atoms with E-state index in [0.29, 0.717) is 0 Å². The molecule has 0 aromatic heterocycles. The highest BCUT2D eigenvalue weighted by atomic mass is 16.6. The Morgan fingerprint density at radius 1 is 0.955 bits per heavy atom. The Morgan fingerprint density at radius 3 is 2.00 bits per heavy atom. The van der Waals surface area contributed by atoms with Crippen molar-refractivity contribution in [1.82, 2.24) is 0 Å². The van der Waals surface area contributed by atoms with E-state index in [2.05, 4.69) is 19.1 Å². The number of hydrogen-bond donors (Lipinski definition) is 1. The number of nitrogens with zero attached hydrogens (tertiary/aromatic N) is 1. The average Bonchev–Trinajstić information content (AvgIpc) is 2.39. The van der Waals surface area contributed by atoms with Crippen molar-refractivity contribution in [1.29, 1.82) is 0 Å². The normalized spacial score (nSPS) is 12.3. The van der Waals surface area contributed by atoms with Crippen LogP contribution in [0, 0.1) is 44.7 Å². The van der Waals surface area contributed by atoms with Crippen LogP contribution in [0.2, 0.25) is 0 Å². The van der Waals surface area contributed by atoms with Crippen molar-refractivity contribution < 1.29 is 4.92 Å². The molecule has 0 saturated heterocycles. The van der Waals surface area contributed by atoms with Gasteiger partial charge in [-0.05, 0) is 68.0 Å². The van der Waals surface area contributed by atoms with E-state index in [0.717, 1.165) is 33.4 Å². The summed E-state index contributed by atoms with van der Waals surface area (Å²) in [5.41, 5.74) is 13.8. The van der Waals surface area contributed by atoms with Crippen molar-refractivity contribution in [2.45, 2.75) is 40.7 Å². The molecule has 0 aliphatic carbocycles. The fraction of sp³-hybridized carbons (Fsp3) is 0.333.